The number of carbonyl (C=O) groups is 1. The van der Waals surface area contributed by atoms with E-state index in [4.69, 9.17) is 0 Å². The van der Waals surface area contributed by atoms with E-state index in [-0.39, 0.29) is 6.03 Å². The molecule has 126 valence electrons. The molecule has 0 unspecified atom stereocenters. The lowest BCUT2D eigenvalue weighted by atomic mass is 9.97. The summed E-state index contributed by atoms with van der Waals surface area (Å²) >= 11 is 0. The highest BCUT2D eigenvalue weighted by atomic mass is 16.2. The van der Waals surface area contributed by atoms with Crippen LogP contribution in [0.15, 0.2) is 54.7 Å². The molecule has 1 aliphatic rings. The molecule has 0 atom stereocenters. The first-order valence-electron chi connectivity index (χ1n) is 8.53. The second-order valence-corrected chi connectivity index (χ2v) is 6.17. The van der Waals surface area contributed by atoms with Crippen molar-refractivity contribution < 1.29 is 4.79 Å². The zero-order valence-electron chi connectivity index (χ0n) is 13.8. The van der Waals surface area contributed by atoms with Crippen LogP contribution in [-0.2, 0) is 6.54 Å². The Hall–Kier alpha value is -2.56. The first kappa shape index (κ1) is 16.3. The third-order valence-corrected chi connectivity index (χ3v) is 4.43. The van der Waals surface area contributed by atoms with Gasteiger partial charge in [-0.25, -0.2) is 9.78 Å². The first-order chi connectivity index (χ1) is 11.8. The van der Waals surface area contributed by atoms with Gasteiger partial charge in [0, 0.05) is 32.4 Å². The van der Waals surface area contributed by atoms with Crippen LogP contribution in [0.5, 0.6) is 0 Å². The smallest absolute Gasteiger partial charge is 0.315 e. The molecule has 2 amide bonds. The van der Waals surface area contributed by atoms with Crippen molar-refractivity contribution in [3.63, 3.8) is 0 Å². The normalized spacial score (nSPS) is 15.1. The number of rotatable bonds is 5. The van der Waals surface area contributed by atoms with Crippen LogP contribution >= 0.6 is 0 Å². The molecule has 0 spiro atoms. The summed E-state index contributed by atoms with van der Waals surface area (Å²) in [7, 11) is 0. The van der Waals surface area contributed by atoms with E-state index in [0.717, 1.165) is 43.9 Å². The Bertz CT molecular complexity index is 624. The van der Waals surface area contributed by atoms with Crippen molar-refractivity contribution in [2.45, 2.75) is 19.4 Å². The fourth-order valence-corrected chi connectivity index (χ4v) is 2.98. The summed E-state index contributed by atoms with van der Waals surface area (Å²) < 4.78 is 0. The zero-order valence-corrected chi connectivity index (χ0v) is 13.8. The van der Waals surface area contributed by atoms with Crippen molar-refractivity contribution in [2.24, 2.45) is 5.92 Å². The van der Waals surface area contributed by atoms with E-state index in [2.05, 4.69) is 26.6 Å². The van der Waals surface area contributed by atoms with Crippen LogP contribution in [0.1, 0.15) is 18.4 Å². The average molecular weight is 324 g/mol. The molecule has 0 radical (unpaired) electrons. The van der Waals surface area contributed by atoms with Gasteiger partial charge in [-0.05, 0) is 36.5 Å². The highest BCUT2D eigenvalue weighted by molar-refractivity contribution is 5.73. The Morgan fingerprint density at radius 3 is 2.50 bits per heavy atom. The number of hydrogen-bond acceptors (Lipinski definition) is 3. The monoisotopic (exact) mass is 324 g/mol. The van der Waals surface area contributed by atoms with Gasteiger partial charge in [0.2, 0.25) is 0 Å². The van der Waals surface area contributed by atoms with Gasteiger partial charge in [-0.3, -0.25) is 0 Å². The minimum atomic E-state index is -0.0917. The number of hydrogen-bond donors (Lipinski definition) is 2. The van der Waals surface area contributed by atoms with Crippen LogP contribution in [0.25, 0.3) is 0 Å². The van der Waals surface area contributed by atoms with Crippen molar-refractivity contribution in [3.05, 3.63) is 60.3 Å². The number of amides is 2. The van der Waals surface area contributed by atoms with E-state index < -0.39 is 0 Å². The Balaban J connectivity index is 1.35. The molecule has 3 rings (SSSR count). The molecule has 2 N–H and O–H groups in total. The van der Waals surface area contributed by atoms with E-state index in [1.807, 2.05) is 48.7 Å². The quantitative estimate of drug-likeness (QED) is 0.889. The first-order valence-corrected chi connectivity index (χ1v) is 8.53. The van der Waals surface area contributed by atoms with Gasteiger partial charge in [0.25, 0.3) is 0 Å². The lowest BCUT2D eigenvalue weighted by molar-refractivity contribution is 0.237. The molecule has 1 aromatic heterocycles. The molecule has 0 saturated carbocycles. The molecule has 0 bridgehead atoms. The molecule has 5 nitrogen and oxygen atoms in total. The number of urea groups is 1. The molecule has 1 fully saturated rings. The van der Waals surface area contributed by atoms with Crippen LogP contribution < -0.4 is 15.5 Å². The van der Waals surface area contributed by atoms with E-state index in [1.165, 1.54) is 0 Å². The highest BCUT2D eigenvalue weighted by Gasteiger charge is 2.20. The summed E-state index contributed by atoms with van der Waals surface area (Å²) in [6.45, 7) is 3.28. The molecule has 1 aliphatic heterocycles. The van der Waals surface area contributed by atoms with Crippen molar-refractivity contribution in [2.75, 3.05) is 24.5 Å². The van der Waals surface area contributed by atoms with Crippen molar-refractivity contribution in [1.82, 2.24) is 15.6 Å². The average Bonchev–Trinajstić information content (AvgIpc) is 2.67. The summed E-state index contributed by atoms with van der Waals surface area (Å²) in [5.41, 5.74) is 1.11. The summed E-state index contributed by atoms with van der Waals surface area (Å²) in [4.78, 5) is 18.6. The second-order valence-electron chi connectivity index (χ2n) is 6.17. The number of pyridine rings is 1. The molecule has 2 aromatic rings. The highest BCUT2D eigenvalue weighted by Crippen LogP contribution is 2.20. The number of aromatic nitrogens is 1. The molecule has 1 aromatic carbocycles. The summed E-state index contributed by atoms with van der Waals surface area (Å²) in [6, 6.07) is 15.9. The minimum Gasteiger partial charge on any atom is -0.357 e. The molecule has 1 saturated heterocycles. The van der Waals surface area contributed by atoms with Crippen molar-refractivity contribution in [3.8, 4) is 0 Å². The van der Waals surface area contributed by atoms with E-state index in [0.29, 0.717) is 12.5 Å². The van der Waals surface area contributed by atoms with Gasteiger partial charge in [0.05, 0.1) is 0 Å². The maximum absolute atomic E-state index is 11.9. The number of piperidine rings is 1. The van der Waals surface area contributed by atoms with Crippen LogP contribution in [0.2, 0.25) is 0 Å². The third-order valence-electron chi connectivity index (χ3n) is 4.43. The molecule has 24 heavy (non-hydrogen) atoms. The maximum atomic E-state index is 11.9. The number of nitrogens with one attached hydrogen (secondary N) is 2. The van der Waals surface area contributed by atoms with Crippen LogP contribution in [-0.4, -0.2) is 30.6 Å². The van der Waals surface area contributed by atoms with Crippen LogP contribution in [0, 0.1) is 5.92 Å². The van der Waals surface area contributed by atoms with Gasteiger partial charge >= 0.3 is 6.03 Å². The molecular weight excluding hydrogens is 300 g/mol. The number of nitrogens with zero attached hydrogens (tertiary/aromatic N) is 2. The predicted octanol–water partition coefficient (Wildman–Crippen LogP) is 2.80. The molecular formula is C19H24N4O. The van der Waals surface area contributed by atoms with Gasteiger partial charge in [-0.15, -0.1) is 0 Å². The van der Waals surface area contributed by atoms with Crippen molar-refractivity contribution in [1.29, 1.82) is 0 Å². The van der Waals surface area contributed by atoms with Gasteiger partial charge in [-0.2, -0.15) is 0 Å². The summed E-state index contributed by atoms with van der Waals surface area (Å²) in [5.74, 6) is 1.58. The fourth-order valence-electron chi connectivity index (χ4n) is 2.98. The molecule has 2 heterocycles. The standard InChI is InChI=1S/C19H24N4O/c24-19(21-14-16-6-2-1-3-7-16)22-15-17-9-12-23(13-10-17)18-8-4-5-11-20-18/h1-8,11,17H,9-10,12-15H2,(H2,21,22,24). The maximum Gasteiger partial charge on any atom is 0.315 e. The largest absolute Gasteiger partial charge is 0.357 e. The Labute approximate surface area is 143 Å². The third kappa shape index (κ3) is 4.72. The van der Waals surface area contributed by atoms with Crippen LogP contribution in [0.4, 0.5) is 10.6 Å². The van der Waals surface area contributed by atoms with Gasteiger partial charge in [0.15, 0.2) is 0 Å². The van der Waals surface area contributed by atoms with E-state index in [1.54, 1.807) is 0 Å². The predicted molar refractivity (Wildman–Crippen MR) is 95.9 cm³/mol. The lowest BCUT2D eigenvalue weighted by Crippen LogP contribution is -2.42. The number of anilines is 1. The van der Waals surface area contributed by atoms with E-state index >= 15 is 0 Å². The number of benzene rings is 1. The van der Waals surface area contributed by atoms with Gasteiger partial charge in [0.1, 0.15) is 5.82 Å². The Morgan fingerprint density at radius 2 is 1.79 bits per heavy atom. The molecule has 0 aliphatic carbocycles. The summed E-state index contributed by atoms with van der Waals surface area (Å²) in [5, 5.41) is 5.90. The SMILES string of the molecule is O=C(NCc1ccccc1)NCC1CCN(c2ccccn2)CC1. The van der Waals surface area contributed by atoms with Gasteiger partial charge < -0.3 is 15.5 Å². The minimum absolute atomic E-state index is 0.0917. The second kappa shape index (κ2) is 8.34. The van der Waals surface area contributed by atoms with E-state index in [9.17, 15) is 4.79 Å². The summed E-state index contributed by atoms with van der Waals surface area (Å²) in [6.07, 6.45) is 3.99. The van der Waals surface area contributed by atoms with Crippen molar-refractivity contribution >= 4 is 11.8 Å². The van der Waals surface area contributed by atoms with Crippen LogP contribution in [0.3, 0.4) is 0 Å². The number of carbonyl (C=O) groups excluding carboxylic acids is 1. The fraction of sp³-hybridized carbons (Fsp3) is 0.368. The zero-order chi connectivity index (χ0) is 16.6. The van der Waals surface area contributed by atoms with Gasteiger partial charge in [-0.1, -0.05) is 36.4 Å². The lowest BCUT2D eigenvalue weighted by Gasteiger charge is -2.32. The Kier molecular flexibility index (Phi) is 5.66. The molecule has 5 heteroatoms. The Morgan fingerprint density at radius 1 is 1.04 bits per heavy atom. The topological polar surface area (TPSA) is 57.3 Å².